The molecule has 4 aromatic carbocycles. The molecule has 0 aliphatic carbocycles. The van der Waals surface area contributed by atoms with Crippen molar-refractivity contribution in [3.63, 3.8) is 0 Å². The molecular weight excluding hydrogens is 470 g/mol. The predicted molar refractivity (Wildman–Crippen MR) is 150 cm³/mol. The third-order valence-corrected chi connectivity index (χ3v) is 8.50. The summed E-state index contributed by atoms with van der Waals surface area (Å²) in [5, 5.41) is 6.40. The monoisotopic (exact) mass is 501 g/mol. The molecule has 0 amide bonds. The summed E-state index contributed by atoms with van der Waals surface area (Å²) in [5.74, 6) is 1.46. The zero-order chi connectivity index (χ0) is 22.7. The molecule has 2 bridgehead atoms. The van der Waals surface area contributed by atoms with E-state index in [9.17, 15) is 0 Å². The minimum absolute atomic E-state index is 0. The van der Waals surface area contributed by atoms with Crippen LogP contribution in [0.15, 0.2) is 102 Å². The van der Waals surface area contributed by atoms with Gasteiger partial charge in [0, 0.05) is 28.6 Å². The van der Waals surface area contributed by atoms with Crippen molar-refractivity contribution < 1.29 is 4.74 Å². The predicted octanol–water partition coefficient (Wildman–Crippen LogP) is 7.75. The molecule has 2 aliphatic rings. The lowest BCUT2D eigenvalue weighted by Crippen LogP contribution is -2.49. The highest BCUT2D eigenvalue weighted by molar-refractivity contribution is 7.98. The van der Waals surface area contributed by atoms with E-state index in [4.69, 9.17) is 4.74 Å². The van der Waals surface area contributed by atoms with Crippen molar-refractivity contribution in [1.29, 1.82) is 0 Å². The SMILES string of the molecule is Cl.c1ccc(SCc2ccc(C3CC4CCC(N4)C3OCc3ccc4ccccc4c3)cc2)cc1. The molecule has 0 aromatic heterocycles. The van der Waals surface area contributed by atoms with Crippen LogP contribution in [0.1, 0.15) is 41.9 Å². The van der Waals surface area contributed by atoms with E-state index >= 15 is 0 Å². The van der Waals surface area contributed by atoms with Gasteiger partial charge in [0.1, 0.15) is 0 Å². The van der Waals surface area contributed by atoms with Gasteiger partial charge >= 0.3 is 0 Å². The second-order valence-corrected chi connectivity index (χ2v) is 10.7. The first kappa shape index (κ1) is 24.4. The smallest absolute Gasteiger partial charge is 0.0801 e. The highest BCUT2D eigenvalue weighted by Crippen LogP contribution is 2.40. The normalized spacial score (nSPS) is 23.2. The Kier molecular flexibility index (Phi) is 7.79. The molecule has 180 valence electrons. The Labute approximate surface area is 218 Å². The highest BCUT2D eigenvalue weighted by atomic mass is 35.5. The largest absolute Gasteiger partial charge is 0.371 e. The maximum Gasteiger partial charge on any atom is 0.0801 e. The van der Waals surface area contributed by atoms with Crippen molar-refractivity contribution in [3.8, 4) is 0 Å². The molecule has 2 saturated heterocycles. The Morgan fingerprint density at radius 2 is 1.51 bits per heavy atom. The standard InChI is InChI=1S/C31H31NOS.ClH/c1-2-8-28(9-3-1)34-21-22-10-14-25(15-11-22)29-19-27-16-17-30(32-27)31(29)33-20-23-12-13-24-6-4-5-7-26(24)18-23;/h1-15,18,27,29-32H,16-17,19-21H2;1H. The van der Waals surface area contributed by atoms with Crippen molar-refractivity contribution in [2.75, 3.05) is 0 Å². The lowest BCUT2D eigenvalue weighted by Gasteiger charge is -2.38. The molecule has 2 heterocycles. The van der Waals surface area contributed by atoms with Crippen LogP contribution in [0.25, 0.3) is 10.8 Å². The van der Waals surface area contributed by atoms with E-state index in [-0.39, 0.29) is 18.5 Å². The van der Waals surface area contributed by atoms with E-state index in [1.54, 1.807) is 0 Å². The van der Waals surface area contributed by atoms with Gasteiger partial charge in [-0.15, -0.1) is 24.2 Å². The van der Waals surface area contributed by atoms with E-state index in [0.717, 1.165) is 12.2 Å². The van der Waals surface area contributed by atoms with Gasteiger partial charge in [-0.3, -0.25) is 0 Å². The van der Waals surface area contributed by atoms with Crippen LogP contribution in [0.2, 0.25) is 0 Å². The van der Waals surface area contributed by atoms with Crippen LogP contribution in [-0.4, -0.2) is 18.2 Å². The number of ether oxygens (including phenoxy) is 1. The van der Waals surface area contributed by atoms with Crippen LogP contribution in [-0.2, 0) is 17.1 Å². The van der Waals surface area contributed by atoms with Gasteiger partial charge in [0.05, 0.1) is 12.7 Å². The molecule has 4 heteroatoms. The van der Waals surface area contributed by atoms with E-state index in [2.05, 4.69) is 102 Å². The fourth-order valence-electron chi connectivity index (χ4n) is 5.64. The quantitative estimate of drug-likeness (QED) is 0.261. The summed E-state index contributed by atoms with van der Waals surface area (Å²) in [6.45, 7) is 0.667. The summed E-state index contributed by atoms with van der Waals surface area (Å²) in [6.07, 6.45) is 3.87. The molecule has 4 atom stereocenters. The highest BCUT2D eigenvalue weighted by Gasteiger charge is 2.42. The van der Waals surface area contributed by atoms with Crippen molar-refractivity contribution in [2.24, 2.45) is 0 Å². The Balaban J connectivity index is 0.00000253. The summed E-state index contributed by atoms with van der Waals surface area (Å²) in [4.78, 5) is 1.32. The zero-order valence-electron chi connectivity index (χ0n) is 19.8. The zero-order valence-corrected chi connectivity index (χ0v) is 21.4. The molecule has 0 radical (unpaired) electrons. The van der Waals surface area contributed by atoms with E-state index in [0.29, 0.717) is 24.6 Å². The van der Waals surface area contributed by atoms with Crippen LogP contribution < -0.4 is 5.32 Å². The second kappa shape index (κ2) is 11.2. The maximum atomic E-state index is 6.68. The summed E-state index contributed by atoms with van der Waals surface area (Å²) in [6, 6.07) is 36.3. The molecule has 4 aromatic rings. The topological polar surface area (TPSA) is 21.3 Å². The van der Waals surface area contributed by atoms with Crippen molar-refractivity contribution in [3.05, 3.63) is 114 Å². The molecule has 1 N–H and O–H groups in total. The molecule has 2 nitrogen and oxygen atoms in total. The Morgan fingerprint density at radius 3 is 2.34 bits per heavy atom. The van der Waals surface area contributed by atoms with E-state index < -0.39 is 0 Å². The fraction of sp³-hybridized carbons (Fsp3) is 0.290. The number of fused-ring (bicyclic) bond motifs is 3. The van der Waals surface area contributed by atoms with Gasteiger partial charge in [0.25, 0.3) is 0 Å². The van der Waals surface area contributed by atoms with Gasteiger partial charge in [0.15, 0.2) is 0 Å². The minimum Gasteiger partial charge on any atom is -0.371 e. The minimum atomic E-state index is 0. The number of nitrogens with one attached hydrogen (secondary N) is 1. The van der Waals surface area contributed by atoms with Crippen LogP contribution in [0.5, 0.6) is 0 Å². The van der Waals surface area contributed by atoms with Gasteiger partial charge in [-0.25, -0.2) is 0 Å². The maximum absolute atomic E-state index is 6.68. The summed E-state index contributed by atoms with van der Waals surface area (Å²) in [7, 11) is 0. The molecule has 6 rings (SSSR count). The van der Waals surface area contributed by atoms with Gasteiger partial charge in [-0.2, -0.15) is 0 Å². The second-order valence-electron chi connectivity index (χ2n) is 9.69. The molecular formula is C31H32ClNOS. The number of benzene rings is 4. The molecule has 2 fully saturated rings. The Bertz CT molecular complexity index is 1250. The Hall–Kier alpha value is -2.30. The molecule has 2 aliphatic heterocycles. The van der Waals surface area contributed by atoms with Crippen LogP contribution >= 0.6 is 24.2 Å². The van der Waals surface area contributed by atoms with Crippen molar-refractivity contribution >= 4 is 34.9 Å². The van der Waals surface area contributed by atoms with Crippen molar-refractivity contribution in [1.82, 2.24) is 5.32 Å². The van der Waals surface area contributed by atoms with Crippen LogP contribution in [0.4, 0.5) is 0 Å². The molecule has 4 unspecified atom stereocenters. The third kappa shape index (κ3) is 5.59. The van der Waals surface area contributed by atoms with Crippen LogP contribution in [0, 0.1) is 0 Å². The number of piperidine rings is 1. The lowest BCUT2D eigenvalue weighted by atomic mass is 9.83. The Morgan fingerprint density at radius 1 is 0.771 bits per heavy atom. The summed E-state index contributed by atoms with van der Waals surface area (Å²) in [5.41, 5.74) is 4.06. The van der Waals surface area contributed by atoms with Gasteiger partial charge in [0.2, 0.25) is 0 Å². The molecule has 0 saturated carbocycles. The van der Waals surface area contributed by atoms with E-state index in [1.807, 2.05) is 11.8 Å². The summed E-state index contributed by atoms with van der Waals surface area (Å²) >= 11 is 1.90. The van der Waals surface area contributed by atoms with Gasteiger partial charge < -0.3 is 10.1 Å². The first-order valence-corrected chi connectivity index (χ1v) is 13.4. The number of halogens is 1. The van der Waals surface area contributed by atoms with Gasteiger partial charge in [-0.05, 0) is 64.9 Å². The average Bonchev–Trinajstić information content (AvgIpc) is 3.29. The molecule has 35 heavy (non-hydrogen) atoms. The number of rotatable bonds is 7. The van der Waals surface area contributed by atoms with Gasteiger partial charge in [-0.1, -0.05) is 78.9 Å². The number of hydrogen-bond acceptors (Lipinski definition) is 3. The number of hydrogen-bond donors (Lipinski definition) is 1. The molecule has 0 spiro atoms. The van der Waals surface area contributed by atoms with Crippen LogP contribution in [0.3, 0.4) is 0 Å². The van der Waals surface area contributed by atoms with Crippen molar-refractivity contribution in [2.45, 2.75) is 60.6 Å². The van der Waals surface area contributed by atoms with E-state index in [1.165, 1.54) is 45.2 Å². The first-order chi connectivity index (χ1) is 16.8. The fourth-order valence-corrected chi connectivity index (χ4v) is 6.52. The summed E-state index contributed by atoms with van der Waals surface area (Å²) < 4.78 is 6.68. The third-order valence-electron chi connectivity index (χ3n) is 7.42. The number of thioether (sulfide) groups is 1. The average molecular weight is 502 g/mol. The first-order valence-electron chi connectivity index (χ1n) is 12.4. The lowest BCUT2D eigenvalue weighted by molar-refractivity contribution is -0.0133.